The largest absolute Gasteiger partial charge is 0.447 e. The van der Waals surface area contributed by atoms with Crippen molar-refractivity contribution >= 4 is 41.2 Å². The van der Waals surface area contributed by atoms with Crippen molar-refractivity contribution in [3.05, 3.63) is 58.5 Å². The highest BCUT2D eigenvalue weighted by atomic mass is 35.5. The highest BCUT2D eigenvalue weighted by Gasteiger charge is 2.19. The number of amides is 2. The number of aromatic nitrogens is 2. The van der Waals surface area contributed by atoms with E-state index < -0.39 is 18.0 Å². The number of carbonyl (C=O) groups is 2. The molecule has 4 N–H and O–H groups in total. The molecule has 2 amide bonds. The first-order valence-electron chi connectivity index (χ1n) is 9.67. The lowest BCUT2D eigenvalue weighted by atomic mass is 10.2. The monoisotopic (exact) mass is 459 g/mol. The van der Waals surface area contributed by atoms with Crippen LogP contribution in [0.5, 0.6) is 0 Å². The van der Waals surface area contributed by atoms with E-state index in [1.54, 1.807) is 38.1 Å². The highest BCUT2D eigenvalue weighted by molar-refractivity contribution is 6.33. The zero-order valence-electron chi connectivity index (χ0n) is 17.1. The molecule has 9 nitrogen and oxygen atoms in total. The summed E-state index contributed by atoms with van der Waals surface area (Å²) in [5.74, 6) is 0.279. The van der Waals surface area contributed by atoms with Crippen LogP contribution in [0.15, 0.2) is 40.4 Å². The molecule has 166 valence electrons. The van der Waals surface area contributed by atoms with Crippen LogP contribution in [0.3, 0.4) is 0 Å². The van der Waals surface area contributed by atoms with Crippen LogP contribution in [0.25, 0.3) is 17.5 Å². The summed E-state index contributed by atoms with van der Waals surface area (Å²) in [5, 5.41) is 8.82. The van der Waals surface area contributed by atoms with Crippen LogP contribution < -0.4 is 16.0 Å². The average Bonchev–Trinajstić information content (AvgIpc) is 3.34. The molecule has 1 aliphatic rings. The summed E-state index contributed by atoms with van der Waals surface area (Å²) < 4.78 is 22.8. The summed E-state index contributed by atoms with van der Waals surface area (Å²) in [6.07, 6.45) is 0.969. The number of hydrogen-bond donors (Lipinski definition) is 4. The molecule has 1 aliphatic heterocycles. The number of halogens is 2. The van der Waals surface area contributed by atoms with Crippen LogP contribution in [0.1, 0.15) is 30.1 Å². The number of aromatic amines is 1. The summed E-state index contributed by atoms with van der Waals surface area (Å²) in [6.45, 7) is 3.88. The predicted molar refractivity (Wildman–Crippen MR) is 117 cm³/mol. The van der Waals surface area contributed by atoms with Gasteiger partial charge in [-0.1, -0.05) is 11.6 Å². The second-order valence-electron chi connectivity index (χ2n) is 7.20. The Morgan fingerprint density at radius 1 is 1.25 bits per heavy atom. The maximum Gasteiger partial charge on any atom is 0.411 e. The van der Waals surface area contributed by atoms with Crippen LogP contribution in [-0.2, 0) is 4.74 Å². The smallest absolute Gasteiger partial charge is 0.411 e. The standard InChI is InChI=1S/C21H19ClFN5O4/c1-10(2)31-21(30)26-12-8-15-19(24-9-12)28-18(27-15)13-7-11(3-4-14(13)22)25-20(29)16-5-6-17(23)32-16/h3-8,10,24H,9H2,1-2H3,(H,25,29)(H,26,30)(H,27,28). The van der Waals surface area contributed by atoms with Gasteiger partial charge in [-0.2, -0.15) is 4.39 Å². The summed E-state index contributed by atoms with van der Waals surface area (Å²) in [5.41, 5.74) is 2.20. The topological polar surface area (TPSA) is 121 Å². The number of ether oxygens (including phenoxy) is 1. The first-order chi connectivity index (χ1) is 15.3. The molecule has 0 bridgehead atoms. The van der Waals surface area contributed by atoms with Crippen LogP contribution in [0.4, 0.5) is 20.7 Å². The third-order valence-corrected chi connectivity index (χ3v) is 4.71. The number of carbonyl (C=O) groups excluding carboxylic acids is 2. The number of nitrogens with zero attached hydrogens (tertiary/aromatic N) is 1. The van der Waals surface area contributed by atoms with Crippen molar-refractivity contribution in [3.63, 3.8) is 0 Å². The number of rotatable bonds is 5. The number of fused-ring (bicyclic) bond motifs is 1. The van der Waals surface area contributed by atoms with Crippen molar-refractivity contribution in [2.45, 2.75) is 20.0 Å². The van der Waals surface area contributed by atoms with Gasteiger partial charge in [0.1, 0.15) is 5.82 Å². The number of nitrogens with one attached hydrogen (secondary N) is 4. The minimum Gasteiger partial charge on any atom is -0.447 e. The van der Waals surface area contributed by atoms with E-state index in [2.05, 4.69) is 25.9 Å². The van der Waals surface area contributed by atoms with E-state index in [1.807, 2.05) is 0 Å². The van der Waals surface area contributed by atoms with Gasteiger partial charge in [0.25, 0.3) is 11.9 Å². The van der Waals surface area contributed by atoms with Crippen molar-refractivity contribution in [3.8, 4) is 11.4 Å². The molecule has 0 saturated heterocycles. The summed E-state index contributed by atoms with van der Waals surface area (Å²) in [4.78, 5) is 31.7. The molecule has 0 radical (unpaired) electrons. The molecule has 0 atom stereocenters. The number of hydrogen-bond acceptors (Lipinski definition) is 6. The van der Waals surface area contributed by atoms with Crippen LogP contribution in [0, 0.1) is 6.01 Å². The van der Waals surface area contributed by atoms with Gasteiger partial charge in [0.05, 0.1) is 23.4 Å². The Morgan fingerprint density at radius 3 is 2.78 bits per heavy atom. The van der Waals surface area contributed by atoms with Crippen molar-refractivity contribution < 1.29 is 23.1 Å². The van der Waals surface area contributed by atoms with Gasteiger partial charge >= 0.3 is 6.09 Å². The summed E-state index contributed by atoms with van der Waals surface area (Å²) in [7, 11) is 0. The van der Waals surface area contributed by atoms with E-state index in [1.165, 1.54) is 6.07 Å². The van der Waals surface area contributed by atoms with Crippen LogP contribution in [-0.4, -0.2) is 34.6 Å². The Bertz CT molecular complexity index is 1220. The molecule has 3 heterocycles. The van der Waals surface area contributed by atoms with Gasteiger partial charge in [-0.15, -0.1) is 0 Å². The number of H-pyrrole nitrogens is 1. The molecule has 0 unspecified atom stereocenters. The molecular formula is C21H19ClFN5O4. The second-order valence-corrected chi connectivity index (χ2v) is 7.61. The molecule has 3 aromatic rings. The van der Waals surface area contributed by atoms with Gasteiger partial charge in [-0.25, -0.2) is 9.78 Å². The molecule has 4 rings (SSSR count). The van der Waals surface area contributed by atoms with Crippen molar-refractivity contribution in [2.24, 2.45) is 0 Å². The molecule has 1 aromatic carbocycles. The number of furan rings is 1. The maximum atomic E-state index is 13.0. The first kappa shape index (κ1) is 21.4. The molecule has 2 aromatic heterocycles. The predicted octanol–water partition coefficient (Wildman–Crippen LogP) is 4.62. The van der Waals surface area contributed by atoms with Gasteiger partial charge in [-0.05, 0) is 44.2 Å². The first-order valence-corrected chi connectivity index (χ1v) is 10.0. The highest BCUT2D eigenvalue weighted by Crippen LogP contribution is 2.32. The Labute approximate surface area is 187 Å². The molecule has 11 heteroatoms. The van der Waals surface area contributed by atoms with E-state index in [9.17, 15) is 14.0 Å². The molecule has 0 aliphatic carbocycles. The number of anilines is 2. The van der Waals surface area contributed by atoms with Crippen LogP contribution >= 0.6 is 11.6 Å². The zero-order chi connectivity index (χ0) is 22.8. The Kier molecular flexibility index (Phi) is 5.87. The number of benzene rings is 1. The van der Waals surface area contributed by atoms with E-state index in [0.717, 1.165) is 6.07 Å². The third-order valence-electron chi connectivity index (χ3n) is 4.38. The lowest BCUT2D eigenvalue weighted by Gasteiger charge is -2.16. The van der Waals surface area contributed by atoms with E-state index in [-0.39, 0.29) is 11.9 Å². The summed E-state index contributed by atoms with van der Waals surface area (Å²) >= 11 is 6.35. The Balaban J connectivity index is 1.54. The SMILES string of the molecule is CC(C)OC(=O)NC1=Cc2[nH]c(-c3cc(NC(=O)c4ccc(F)o4)ccc3Cl)nc2NC1. The molecule has 0 spiro atoms. The lowest BCUT2D eigenvalue weighted by molar-refractivity contribution is 0.0988. The fourth-order valence-electron chi connectivity index (χ4n) is 3.03. The second kappa shape index (κ2) is 8.75. The Hall–Kier alpha value is -3.79. The minimum atomic E-state index is -0.847. The van der Waals surface area contributed by atoms with E-state index in [4.69, 9.17) is 20.8 Å². The van der Waals surface area contributed by atoms with Gasteiger partial charge < -0.3 is 24.8 Å². The molecule has 32 heavy (non-hydrogen) atoms. The molecule has 0 saturated carbocycles. The quantitative estimate of drug-likeness (QED) is 0.442. The summed E-state index contributed by atoms with van der Waals surface area (Å²) in [6, 6.07) is 6.29. The number of imidazole rings is 1. The van der Waals surface area contributed by atoms with Crippen molar-refractivity contribution in [1.29, 1.82) is 0 Å². The molecule has 0 fully saturated rings. The van der Waals surface area contributed by atoms with Gasteiger partial charge in [-0.3, -0.25) is 10.1 Å². The minimum absolute atomic E-state index is 0.155. The fourth-order valence-corrected chi connectivity index (χ4v) is 3.23. The van der Waals surface area contributed by atoms with Crippen molar-refractivity contribution in [2.75, 3.05) is 17.2 Å². The fraction of sp³-hybridized carbons (Fsp3) is 0.190. The van der Waals surface area contributed by atoms with Crippen LogP contribution in [0.2, 0.25) is 5.02 Å². The van der Waals surface area contributed by atoms with Gasteiger partial charge in [0.2, 0.25) is 0 Å². The lowest BCUT2D eigenvalue weighted by Crippen LogP contribution is -2.30. The Morgan fingerprint density at radius 2 is 2.06 bits per heavy atom. The number of alkyl carbamates (subject to hydrolysis) is 1. The third kappa shape index (κ3) is 4.75. The molecular weight excluding hydrogens is 441 g/mol. The zero-order valence-corrected chi connectivity index (χ0v) is 17.8. The average molecular weight is 460 g/mol. The van der Waals surface area contributed by atoms with E-state index in [0.29, 0.717) is 45.9 Å². The van der Waals surface area contributed by atoms with E-state index >= 15 is 0 Å². The van der Waals surface area contributed by atoms with Gasteiger partial charge in [0.15, 0.2) is 11.6 Å². The maximum absolute atomic E-state index is 13.0. The van der Waals surface area contributed by atoms with Crippen molar-refractivity contribution in [1.82, 2.24) is 15.3 Å². The van der Waals surface area contributed by atoms with Gasteiger partial charge in [0, 0.05) is 23.0 Å². The normalized spacial score (nSPS) is 12.6.